The summed E-state index contributed by atoms with van der Waals surface area (Å²) >= 11 is 0. The first-order chi connectivity index (χ1) is 4.59. The Balaban J connectivity index is 2.24. The van der Waals surface area contributed by atoms with E-state index in [1.807, 2.05) is 0 Å². The SMILES string of the molecule is CCC12C(C)CC1(C)C2C. The van der Waals surface area contributed by atoms with E-state index < -0.39 is 0 Å². The third-order valence-corrected chi connectivity index (χ3v) is 4.90. The van der Waals surface area contributed by atoms with E-state index in [4.69, 9.17) is 0 Å². The standard InChI is InChI=1S/C10H18/c1-5-10-7(2)6-9(10,4)8(10)3/h7-8H,5-6H2,1-4H3. The Morgan fingerprint density at radius 3 is 2.10 bits per heavy atom. The Labute approximate surface area is 64.0 Å². The molecule has 0 aromatic carbocycles. The topological polar surface area (TPSA) is 0 Å². The van der Waals surface area contributed by atoms with Crippen LogP contribution in [0.3, 0.4) is 0 Å². The fourth-order valence-electron chi connectivity index (χ4n) is 4.15. The number of hydrogen-bond donors (Lipinski definition) is 0. The van der Waals surface area contributed by atoms with Crippen LogP contribution in [0, 0.1) is 22.7 Å². The van der Waals surface area contributed by atoms with E-state index in [1.165, 1.54) is 12.8 Å². The van der Waals surface area contributed by atoms with E-state index in [-0.39, 0.29) is 0 Å². The van der Waals surface area contributed by atoms with Crippen molar-refractivity contribution in [2.24, 2.45) is 22.7 Å². The molecule has 0 saturated heterocycles. The third-order valence-electron chi connectivity index (χ3n) is 4.90. The van der Waals surface area contributed by atoms with Crippen LogP contribution in [0.5, 0.6) is 0 Å². The van der Waals surface area contributed by atoms with Crippen molar-refractivity contribution < 1.29 is 0 Å². The second kappa shape index (κ2) is 1.44. The van der Waals surface area contributed by atoms with Gasteiger partial charge in [0.05, 0.1) is 0 Å². The van der Waals surface area contributed by atoms with Crippen molar-refractivity contribution in [2.45, 2.75) is 40.5 Å². The quantitative estimate of drug-likeness (QED) is 0.522. The van der Waals surface area contributed by atoms with Crippen LogP contribution < -0.4 is 0 Å². The molecule has 2 rings (SSSR count). The predicted molar refractivity (Wildman–Crippen MR) is 43.8 cm³/mol. The molecule has 4 atom stereocenters. The van der Waals surface area contributed by atoms with Gasteiger partial charge in [-0.25, -0.2) is 0 Å². The van der Waals surface area contributed by atoms with Crippen molar-refractivity contribution in [3.05, 3.63) is 0 Å². The average molecular weight is 138 g/mol. The molecular weight excluding hydrogens is 120 g/mol. The second-order valence-corrected chi connectivity index (χ2v) is 4.64. The molecule has 0 nitrogen and oxygen atoms in total. The maximum atomic E-state index is 2.47. The van der Waals surface area contributed by atoms with Crippen LogP contribution in [0.25, 0.3) is 0 Å². The first-order valence-corrected chi connectivity index (χ1v) is 4.59. The van der Waals surface area contributed by atoms with Crippen molar-refractivity contribution in [3.8, 4) is 0 Å². The van der Waals surface area contributed by atoms with E-state index >= 15 is 0 Å². The van der Waals surface area contributed by atoms with Crippen LogP contribution in [-0.2, 0) is 0 Å². The van der Waals surface area contributed by atoms with Gasteiger partial charge in [0.2, 0.25) is 0 Å². The van der Waals surface area contributed by atoms with Crippen LogP contribution in [0.15, 0.2) is 0 Å². The summed E-state index contributed by atoms with van der Waals surface area (Å²) in [7, 11) is 0. The lowest BCUT2D eigenvalue weighted by molar-refractivity contribution is 0.0961. The summed E-state index contributed by atoms with van der Waals surface area (Å²) < 4.78 is 0. The van der Waals surface area contributed by atoms with Crippen LogP contribution in [0.1, 0.15) is 40.5 Å². The lowest BCUT2D eigenvalue weighted by atomic mass is 9.65. The maximum Gasteiger partial charge on any atom is -0.0186 e. The highest BCUT2D eigenvalue weighted by molar-refractivity contribution is 5.26. The predicted octanol–water partition coefficient (Wildman–Crippen LogP) is 3.08. The van der Waals surface area contributed by atoms with Gasteiger partial charge < -0.3 is 0 Å². The molecule has 4 unspecified atom stereocenters. The largest absolute Gasteiger partial charge is 0.0648 e. The lowest BCUT2D eigenvalue weighted by Crippen LogP contribution is -2.31. The fourth-order valence-corrected chi connectivity index (χ4v) is 4.15. The summed E-state index contributed by atoms with van der Waals surface area (Å²) in [6, 6.07) is 0. The maximum absolute atomic E-state index is 2.47. The Hall–Kier alpha value is 0. The van der Waals surface area contributed by atoms with Crippen molar-refractivity contribution >= 4 is 0 Å². The number of rotatable bonds is 1. The van der Waals surface area contributed by atoms with Gasteiger partial charge in [0, 0.05) is 0 Å². The van der Waals surface area contributed by atoms with Gasteiger partial charge in [-0.1, -0.05) is 27.7 Å². The first-order valence-electron chi connectivity index (χ1n) is 4.59. The highest BCUT2D eigenvalue weighted by Gasteiger charge is 2.79. The molecular formula is C10H18. The van der Waals surface area contributed by atoms with Gasteiger partial charge in [-0.2, -0.15) is 0 Å². The zero-order valence-corrected chi connectivity index (χ0v) is 7.57. The lowest BCUT2D eigenvalue weighted by Gasteiger charge is -2.39. The van der Waals surface area contributed by atoms with E-state index in [0.717, 1.165) is 22.7 Å². The molecule has 0 aliphatic heterocycles. The van der Waals surface area contributed by atoms with Gasteiger partial charge in [-0.15, -0.1) is 0 Å². The molecule has 0 aromatic rings. The molecule has 2 aliphatic rings. The minimum Gasteiger partial charge on any atom is -0.0648 e. The minimum atomic E-state index is 0.765. The van der Waals surface area contributed by atoms with Crippen molar-refractivity contribution in [1.82, 2.24) is 0 Å². The Morgan fingerprint density at radius 1 is 1.40 bits per heavy atom. The summed E-state index contributed by atoms with van der Waals surface area (Å²) in [6.45, 7) is 9.69. The molecule has 0 heterocycles. The van der Waals surface area contributed by atoms with Gasteiger partial charge in [0.1, 0.15) is 0 Å². The molecule has 0 amide bonds. The van der Waals surface area contributed by atoms with Gasteiger partial charge in [0.25, 0.3) is 0 Å². The molecule has 0 N–H and O–H groups in total. The molecule has 10 heavy (non-hydrogen) atoms. The molecule has 58 valence electrons. The molecule has 0 spiro atoms. The normalized spacial score (nSPS) is 64.8. The van der Waals surface area contributed by atoms with Crippen LogP contribution in [0.2, 0.25) is 0 Å². The molecule has 2 fully saturated rings. The Kier molecular flexibility index (Phi) is 0.964. The molecule has 2 saturated carbocycles. The average Bonchev–Trinajstić information content (AvgIpc) is 2.24. The molecule has 2 aliphatic carbocycles. The molecule has 0 radical (unpaired) electrons. The summed E-state index contributed by atoms with van der Waals surface area (Å²) in [5.74, 6) is 2.03. The van der Waals surface area contributed by atoms with Crippen molar-refractivity contribution in [1.29, 1.82) is 0 Å². The van der Waals surface area contributed by atoms with Crippen LogP contribution >= 0.6 is 0 Å². The highest BCUT2D eigenvalue weighted by Crippen LogP contribution is 2.85. The summed E-state index contributed by atoms with van der Waals surface area (Å²) in [5, 5.41) is 0. The van der Waals surface area contributed by atoms with Gasteiger partial charge in [-0.3, -0.25) is 0 Å². The van der Waals surface area contributed by atoms with Crippen LogP contribution in [-0.4, -0.2) is 0 Å². The van der Waals surface area contributed by atoms with Crippen molar-refractivity contribution in [2.75, 3.05) is 0 Å². The Bertz CT molecular complexity index is 173. The second-order valence-electron chi connectivity index (χ2n) is 4.64. The summed E-state index contributed by atoms with van der Waals surface area (Å²) in [6.07, 6.45) is 2.90. The number of fused-ring (bicyclic) bond motifs is 1. The van der Waals surface area contributed by atoms with Gasteiger partial charge >= 0.3 is 0 Å². The summed E-state index contributed by atoms with van der Waals surface area (Å²) in [4.78, 5) is 0. The van der Waals surface area contributed by atoms with E-state index in [9.17, 15) is 0 Å². The minimum absolute atomic E-state index is 0.765. The molecule has 0 bridgehead atoms. The summed E-state index contributed by atoms with van der Waals surface area (Å²) in [5.41, 5.74) is 1.55. The van der Waals surface area contributed by atoms with Gasteiger partial charge in [0.15, 0.2) is 0 Å². The third kappa shape index (κ3) is 0.360. The van der Waals surface area contributed by atoms with Crippen molar-refractivity contribution in [3.63, 3.8) is 0 Å². The van der Waals surface area contributed by atoms with Gasteiger partial charge in [-0.05, 0) is 35.5 Å². The van der Waals surface area contributed by atoms with E-state index in [1.54, 1.807) is 0 Å². The molecule has 0 heteroatoms. The zero-order chi connectivity index (χ0) is 7.57. The van der Waals surface area contributed by atoms with E-state index in [0.29, 0.717) is 0 Å². The highest BCUT2D eigenvalue weighted by atomic mass is 14.8. The number of hydrogen-bond acceptors (Lipinski definition) is 0. The fraction of sp³-hybridized carbons (Fsp3) is 1.00. The smallest absolute Gasteiger partial charge is 0.0186 e. The zero-order valence-electron chi connectivity index (χ0n) is 7.57. The van der Waals surface area contributed by atoms with E-state index in [2.05, 4.69) is 27.7 Å². The van der Waals surface area contributed by atoms with Crippen LogP contribution in [0.4, 0.5) is 0 Å². The first kappa shape index (κ1) is 6.69. The monoisotopic (exact) mass is 138 g/mol. The Morgan fingerprint density at radius 2 is 2.00 bits per heavy atom. The molecule has 0 aromatic heterocycles.